The number of hydrogen-bond acceptors (Lipinski definition) is 4. The molecule has 1 N–H and O–H groups in total. The smallest absolute Gasteiger partial charge is 0.0728 e. The normalized spacial score (nSPS) is 15.2. The molecular weight excluding hydrogens is 268 g/mol. The summed E-state index contributed by atoms with van der Waals surface area (Å²) in [5.74, 6) is 0. The predicted molar refractivity (Wildman–Crippen MR) is 86.4 cm³/mol. The molecular formula is C16H28N2OS. The van der Waals surface area contributed by atoms with Crippen LogP contribution >= 0.6 is 11.3 Å². The highest BCUT2D eigenvalue weighted by Crippen LogP contribution is 2.24. The van der Waals surface area contributed by atoms with Crippen LogP contribution in [0.15, 0.2) is 6.07 Å². The first kappa shape index (κ1) is 16.0. The Bertz CT molecular complexity index is 397. The summed E-state index contributed by atoms with van der Waals surface area (Å²) in [6.07, 6.45) is 2.71. The zero-order valence-corrected chi connectivity index (χ0v) is 13.9. The van der Waals surface area contributed by atoms with Crippen molar-refractivity contribution in [1.29, 1.82) is 0 Å². The molecule has 4 heteroatoms. The van der Waals surface area contributed by atoms with Crippen molar-refractivity contribution >= 4 is 11.3 Å². The van der Waals surface area contributed by atoms with Crippen molar-refractivity contribution in [1.82, 2.24) is 10.2 Å². The van der Waals surface area contributed by atoms with Gasteiger partial charge in [-0.05, 0) is 44.5 Å². The van der Waals surface area contributed by atoms with E-state index < -0.39 is 0 Å². The molecule has 0 atom stereocenters. The van der Waals surface area contributed by atoms with Gasteiger partial charge in [-0.15, -0.1) is 11.3 Å². The Labute approximate surface area is 127 Å². The molecule has 0 spiro atoms. The summed E-state index contributed by atoms with van der Waals surface area (Å²) in [5, 5.41) is 3.57. The lowest BCUT2D eigenvalue weighted by Crippen LogP contribution is -2.26. The van der Waals surface area contributed by atoms with Gasteiger partial charge in [-0.3, -0.25) is 0 Å². The molecule has 1 aliphatic rings. The first-order valence-corrected chi connectivity index (χ1v) is 8.66. The van der Waals surface area contributed by atoms with Gasteiger partial charge in [-0.1, -0.05) is 13.8 Å². The maximum absolute atomic E-state index is 5.83. The summed E-state index contributed by atoms with van der Waals surface area (Å²) in [6.45, 7) is 12.5. The Hall–Kier alpha value is -0.420. The minimum absolute atomic E-state index is 0.757. The molecule has 3 nitrogen and oxygen atoms in total. The highest BCUT2D eigenvalue weighted by atomic mass is 32.1. The lowest BCUT2D eigenvalue weighted by molar-refractivity contribution is 0.0955. The Balaban J connectivity index is 1.68. The molecule has 0 unspecified atom stereocenters. The third-order valence-electron chi connectivity index (χ3n) is 3.92. The van der Waals surface area contributed by atoms with Gasteiger partial charge in [0.05, 0.1) is 13.2 Å². The predicted octanol–water partition coefficient (Wildman–Crippen LogP) is 3.17. The first-order valence-electron chi connectivity index (χ1n) is 7.84. The van der Waals surface area contributed by atoms with Gasteiger partial charge >= 0.3 is 0 Å². The largest absolute Gasteiger partial charge is 0.375 e. The Morgan fingerprint density at radius 3 is 2.75 bits per heavy atom. The molecule has 1 aromatic heterocycles. The van der Waals surface area contributed by atoms with Crippen molar-refractivity contribution < 1.29 is 4.74 Å². The summed E-state index contributed by atoms with van der Waals surface area (Å²) < 4.78 is 5.83. The van der Waals surface area contributed by atoms with Crippen LogP contribution in [0.1, 0.15) is 42.0 Å². The molecule has 20 heavy (non-hydrogen) atoms. The number of aryl methyl sites for hydroxylation is 1. The van der Waals surface area contributed by atoms with Crippen LogP contribution in [-0.2, 0) is 17.9 Å². The van der Waals surface area contributed by atoms with Gasteiger partial charge in [0.1, 0.15) is 0 Å². The third kappa shape index (κ3) is 5.17. The van der Waals surface area contributed by atoms with Crippen LogP contribution in [0.25, 0.3) is 0 Å². The van der Waals surface area contributed by atoms with Gasteiger partial charge in [0.15, 0.2) is 0 Å². The molecule has 0 aromatic carbocycles. The number of thiophene rings is 1. The topological polar surface area (TPSA) is 24.5 Å². The van der Waals surface area contributed by atoms with Gasteiger partial charge in [-0.25, -0.2) is 0 Å². The fourth-order valence-corrected chi connectivity index (χ4v) is 3.26. The van der Waals surface area contributed by atoms with Gasteiger partial charge in [0, 0.05) is 28.9 Å². The van der Waals surface area contributed by atoms with Crippen molar-refractivity contribution in [2.24, 2.45) is 0 Å². The quantitative estimate of drug-likeness (QED) is 0.671. The van der Waals surface area contributed by atoms with Gasteiger partial charge in [0.2, 0.25) is 0 Å². The minimum atomic E-state index is 0.757. The van der Waals surface area contributed by atoms with Gasteiger partial charge in [-0.2, -0.15) is 0 Å². The zero-order chi connectivity index (χ0) is 14.4. The number of nitrogens with zero attached hydrogens (tertiary/aromatic N) is 1. The van der Waals surface area contributed by atoms with E-state index in [1.807, 2.05) is 11.3 Å². The van der Waals surface area contributed by atoms with E-state index >= 15 is 0 Å². The number of ether oxygens (including phenoxy) is 1. The molecule has 114 valence electrons. The van der Waals surface area contributed by atoms with Crippen LogP contribution < -0.4 is 5.32 Å². The van der Waals surface area contributed by atoms with Crippen LogP contribution in [0.2, 0.25) is 0 Å². The number of likely N-dealkylation sites (N-methyl/N-ethyl adjacent to an activating group) is 1. The average molecular weight is 296 g/mol. The van der Waals surface area contributed by atoms with Crippen molar-refractivity contribution in [3.05, 3.63) is 21.4 Å². The number of nitrogens with one attached hydrogen (secondary N) is 1. The van der Waals surface area contributed by atoms with E-state index in [9.17, 15) is 0 Å². The maximum atomic E-state index is 5.83. The van der Waals surface area contributed by atoms with E-state index in [1.165, 1.54) is 28.2 Å². The third-order valence-corrected chi connectivity index (χ3v) is 5.01. The Kier molecular flexibility index (Phi) is 6.49. The van der Waals surface area contributed by atoms with Crippen LogP contribution in [0.5, 0.6) is 0 Å². The standard InChI is InChI=1S/C16H28N2OS/c1-4-18(5-2)8-9-19-12-14-10-16(20-13(14)3)11-17-15-6-7-15/h10,15,17H,4-9,11-12H2,1-3H3. The fraction of sp³-hybridized carbons (Fsp3) is 0.750. The van der Waals surface area contributed by atoms with Crippen LogP contribution in [-0.4, -0.2) is 37.2 Å². The van der Waals surface area contributed by atoms with Crippen molar-refractivity contribution in [2.75, 3.05) is 26.2 Å². The lowest BCUT2D eigenvalue weighted by atomic mass is 10.2. The maximum Gasteiger partial charge on any atom is 0.0728 e. The molecule has 0 saturated heterocycles. The Morgan fingerprint density at radius 2 is 2.10 bits per heavy atom. The molecule has 2 rings (SSSR count). The summed E-state index contributed by atoms with van der Waals surface area (Å²) in [6, 6.07) is 3.10. The second-order valence-electron chi connectivity index (χ2n) is 5.53. The van der Waals surface area contributed by atoms with Crippen LogP contribution in [0.3, 0.4) is 0 Å². The minimum Gasteiger partial charge on any atom is -0.375 e. The average Bonchev–Trinajstić information content (AvgIpc) is 3.21. The van der Waals surface area contributed by atoms with Crippen molar-refractivity contribution in [2.45, 2.75) is 52.8 Å². The molecule has 1 aromatic rings. The molecule has 1 heterocycles. The molecule has 1 fully saturated rings. The van der Waals surface area contributed by atoms with Crippen LogP contribution in [0, 0.1) is 6.92 Å². The number of rotatable bonds is 10. The zero-order valence-electron chi connectivity index (χ0n) is 13.1. The van der Waals surface area contributed by atoms with E-state index in [1.54, 1.807) is 0 Å². The van der Waals surface area contributed by atoms with E-state index in [0.717, 1.165) is 45.4 Å². The van der Waals surface area contributed by atoms with Crippen LogP contribution in [0.4, 0.5) is 0 Å². The van der Waals surface area contributed by atoms with E-state index in [0.29, 0.717) is 0 Å². The van der Waals surface area contributed by atoms with Gasteiger partial charge in [0.25, 0.3) is 0 Å². The molecule has 0 bridgehead atoms. The lowest BCUT2D eigenvalue weighted by Gasteiger charge is -2.17. The summed E-state index contributed by atoms with van der Waals surface area (Å²) >= 11 is 1.90. The van der Waals surface area contributed by atoms with Crippen molar-refractivity contribution in [3.63, 3.8) is 0 Å². The summed E-state index contributed by atoms with van der Waals surface area (Å²) in [5.41, 5.74) is 1.36. The second kappa shape index (κ2) is 8.13. The number of hydrogen-bond donors (Lipinski definition) is 1. The summed E-state index contributed by atoms with van der Waals surface area (Å²) in [7, 11) is 0. The van der Waals surface area contributed by atoms with Gasteiger partial charge < -0.3 is 15.0 Å². The Morgan fingerprint density at radius 1 is 1.35 bits per heavy atom. The molecule has 1 aliphatic carbocycles. The highest BCUT2D eigenvalue weighted by molar-refractivity contribution is 7.12. The second-order valence-corrected chi connectivity index (χ2v) is 6.87. The molecule has 0 radical (unpaired) electrons. The van der Waals surface area contributed by atoms with Crippen molar-refractivity contribution in [3.8, 4) is 0 Å². The summed E-state index contributed by atoms with van der Waals surface area (Å²) in [4.78, 5) is 5.24. The SMILES string of the molecule is CCN(CC)CCOCc1cc(CNC2CC2)sc1C. The van der Waals surface area contributed by atoms with E-state index in [-0.39, 0.29) is 0 Å². The first-order chi connectivity index (χ1) is 9.72. The van der Waals surface area contributed by atoms with E-state index in [2.05, 4.69) is 37.1 Å². The monoisotopic (exact) mass is 296 g/mol. The van der Waals surface area contributed by atoms with E-state index in [4.69, 9.17) is 4.74 Å². The highest BCUT2D eigenvalue weighted by Gasteiger charge is 2.20. The fourth-order valence-electron chi connectivity index (χ4n) is 2.27. The molecule has 0 aliphatic heterocycles. The molecule has 1 saturated carbocycles. The molecule has 0 amide bonds.